The van der Waals surface area contributed by atoms with Gasteiger partial charge >= 0.3 is 0 Å². The Balaban J connectivity index is 3.13. The molecule has 1 aromatic rings. The number of ketones is 1. The van der Waals surface area contributed by atoms with Crippen molar-refractivity contribution in [1.29, 1.82) is 0 Å². The summed E-state index contributed by atoms with van der Waals surface area (Å²) in [5, 5.41) is 0. The van der Waals surface area contributed by atoms with E-state index in [2.05, 4.69) is 0 Å². The van der Waals surface area contributed by atoms with Gasteiger partial charge in [-0.3, -0.25) is 4.79 Å². The van der Waals surface area contributed by atoms with Gasteiger partial charge in [-0.05, 0) is 29.7 Å². The minimum atomic E-state index is -0.270. The Morgan fingerprint density at radius 1 is 1.50 bits per heavy atom. The van der Waals surface area contributed by atoms with Crippen LogP contribution in [0.2, 0.25) is 0 Å². The van der Waals surface area contributed by atoms with Gasteiger partial charge in [0.25, 0.3) is 0 Å². The Morgan fingerprint density at radius 2 is 2.14 bits per heavy atom. The fourth-order valence-electron chi connectivity index (χ4n) is 1.28. The van der Waals surface area contributed by atoms with E-state index >= 15 is 0 Å². The molecular weight excluding hydrogens is 181 g/mol. The zero-order valence-corrected chi connectivity index (χ0v) is 8.38. The van der Waals surface area contributed by atoms with Crippen LogP contribution >= 0.6 is 0 Å². The highest BCUT2D eigenvalue weighted by atomic mass is 19.1. The van der Waals surface area contributed by atoms with Gasteiger partial charge in [-0.2, -0.15) is 0 Å². The van der Waals surface area contributed by atoms with E-state index < -0.39 is 0 Å². The number of rotatable bonds is 3. The van der Waals surface area contributed by atoms with Gasteiger partial charge in [0.05, 0.1) is 6.54 Å². The molecule has 14 heavy (non-hydrogen) atoms. The van der Waals surface area contributed by atoms with E-state index in [0.717, 1.165) is 0 Å². The lowest BCUT2D eigenvalue weighted by Gasteiger charge is -2.08. The molecule has 0 unspecified atom stereocenters. The van der Waals surface area contributed by atoms with E-state index in [0.29, 0.717) is 11.1 Å². The first-order valence-corrected chi connectivity index (χ1v) is 4.59. The first-order chi connectivity index (χ1) is 6.56. The van der Waals surface area contributed by atoms with Crippen molar-refractivity contribution < 1.29 is 9.18 Å². The number of hydrogen-bond donors (Lipinski definition) is 1. The maximum atomic E-state index is 13.2. The largest absolute Gasteiger partial charge is 0.324 e. The van der Waals surface area contributed by atoms with Crippen molar-refractivity contribution in [2.75, 3.05) is 6.54 Å². The van der Waals surface area contributed by atoms with Crippen molar-refractivity contribution in [3.05, 3.63) is 35.1 Å². The number of hydrogen-bond acceptors (Lipinski definition) is 2. The zero-order chi connectivity index (χ0) is 10.7. The highest BCUT2D eigenvalue weighted by molar-refractivity contribution is 5.97. The maximum Gasteiger partial charge on any atom is 0.176 e. The van der Waals surface area contributed by atoms with Crippen LogP contribution in [0.15, 0.2) is 18.2 Å². The third-order valence-electron chi connectivity index (χ3n) is 2.13. The smallest absolute Gasteiger partial charge is 0.176 e. The second-order valence-electron chi connectivity index (χ2n) is 3.52. The lowest BCUT2D eigenvalue weighted by Crippen LogP contribution is -2.14. The number of carbonyl (C=O) groups excluding carboxylic acids is 1. The Hall–Kier alpha value is -1.22. The average Bonchev–Trinajstić information content (AvgIpc) is 2.17. The summed E-state index contributed by atoms with van der Waals surface area (Å²) < 4.78 is 13.2. The predicted octanol–water partition coefficient (Wildman–Crippen LogP) is 2.09. The molecule has 1 aromatic carbocycles. The normalized spacial score (nSPS) is 10.6. The molecule has 0 saturated heterocycles. The third-order valence-corrected chi connectivity index (χ3v) is 2.13. The van der Waals surface area contributed by atoms with Crippen LogP contribution in [-0.2, 0) is 0 Å². The molecule has 0 aliphatic carbocycles. The second kappa shape index (κ2) is 4.33. The van der Waals surface area contributed by atoms with Crippen LogP contribution in [0, 0.1) is 5.82 Å². The number of nitrogens with two attached hydrogens (primary N) is 1. The van der Waals surface area contributed by atoms with Gasteiger partial charge in [-0.15, -0.1) is 0 Å². The van der Waals surface area contributed by atoms with Crippen LogP contribution in [0.1, 0.15) is 35.7 Å². The second-order valence-corrected chi connectivity index (χ2v) is 3.52. The molecule has 2 nitrogen and oxygen atoms in total. The van der Waals surface area contributed by atoms with Crippen molar-refractivity contribution in [3.63, 3.8) is 0 Å². The highest BCUT2D eigenvalue weighted by Crippen LogP contribution is 2.19. The molecule has 0 saturated carbocycles. The lowest BCUT2D eigenvalue weighted by atomic mass is 9.98. The maximum absolute atomic E-state index is 13.2. The van der Waals surface area contributed by atoms with Gasteiger partial charge in [0.1, 0.15) is 5.82 Å². The average molecular weight is 195 g/mol. The molecule has 0 heterocycles. The number of benzene rings is 1. The van der Waals surface area contributed by atoms with Crippen molar-refractivity contribution in [2.45, 2.75) is 19.8 Å². The molecule has 0 amide bonds. The molecule has 0 aromatic heterocycles. The van der Waals surface area contributed by atoms with Crippen LogP contribution in [0.4, 0.5) is 4.39 Å². The van der Waals surface area contributed by atoms with Crippen LogP contribution < -0.4 is 5.73 Å². The van der Waals surface area contributed by atoms with E-state index in [1.54, 1.807) is 6.07 Å². The molecule has 76 valence electrons. The van der Waals surface area contributed by atoms with E-state index in [-0.39, 0.29) is 24.1 Å². The molecule has 0 radical (unpaired) electrons. The first kappa shape index (κ1) is 10.9. The monoisotopic (exact) mass is 195 g/mol. The molecule has 1 rings (SSSR count). The van der Waals surface area contributed by atoms with Crippen molar-refractivity contribution in [1.82, 2.24) is 0 Å². The van der Waals surface area contributed by atoms with Gasteiger partial charge in [0.15, 0.2) is 5.78 Å². The van der Waals surface area contributed by atoms with Crippen molar-refractivity contribution >= 4 is 5.78 Å². The molecule has 0 spiro atoms. The number of Topliss-reactive ketones (excluding diaryl/α,β-unsaturated/α-hetero) is 1. The lowest BCUT2D eigenvalue weighted by molar-refractivity contribution is 0.100. The number of halogens is 1. The Kier molecular flexibility index (Phi) is 3.36. The van der Waals surface area contributed by atoms with E-state index in [1.165, 1.54) is 12.1 Å². The van der Waals surface area contributed by atoms with Crippen LogP contribution in [0.25, 0.3) is 0 Å². The van der Waals surface area contributed by atoms with Crippen molar-refractivity contribution in [2.24, 2.45) is 5.73 Å². The standard InChI is InChI=1S/C11H14FNO/c1-7(2)9-5-8(11(14)6-13)3-4-10(9)12/h3-5,7H,6,13H2,1-2H3. The fraction of sp³-hybridized carbons (Fsp3) is 0.364. The zero-order valence-electron chi connectivity index (χ0n) is 8.38. The predicted molar refractivity (Wildman–Crippen MR) is 53.9 cm³/mol. The van der Waals surface area contributed by atoms with Crippen LogP contribution in [-0.4, -0.2) is 12.3 Å². The van der Waals surface area contributed by atoms with Crippen LogP contribution in [0.3, 0.4) is 0 Å². The molecule has 0 bridgehead atoms. The quantitative estimate of drug-likeness (QED) is 0.750. The first-order valence-electron chi connectivity index (χ1n) is 4.59. The summed E-state index contributed by atoms with van der Waals surface area (Å²) in [6.45, 7) is 3.73. The summed E-state index contributed by atoms with van der Waals surface area (Å²) in [5.74, 6) is -0.360. The summed E-state index contributed by atoms with van der Waals surface area (Å²) >= 11 is 0. The molecule has 3 heteroatoms. The Bertz CT molecular complexity index is 347. The molecule has 0 fully saturated rings. The third kappa shape index (κ3) is 2.17. The van der Waals surface area contributed by atoms with E-state index in [9.17, 15) is 9.18 Å². The summed E-state index contributed by atoms with van der Waals surface area (Å²) in [6, 6.07) is 4.36. The van der Waals surface area contributed by atoms with Crippen molar-refractivity contribution in [3.8, 4) is 0 Å². The Labute approximate surface area is 82.9 Å². The molecular formula is C11H14FNO. The van der Waals surface area contributed by atoms with Crippen LogP contribution in [0.5, 0.6) is 0 Å². The Morgan fingerprint density at radius 3 is 2.64 bits per heavy atom. The fourth-order valence-corrected chi connectivity index (χ4v) is 1.28. The molecule has 0 atom stereocenters. The summed E-state index contributed by atoms with van der Waals surface area (Å²) in [7, 11) is 0. The van der Waals surface area contributed by atoms with Gasteiger partial charge in [-0.1, -0.05) is 13.8 Å². The molecule has 0 aliphatic heterocycles. The van der Waals surface area contributed by atoms with E-state index in [1.807, 2.05) is 13.8 Å². The van der Waals surface area contributed by atoms with Gasteiger partial charge < -0.3 is 5.73 Å². The summed E-state index contributed by atoms with van der Waals surface area (Å²) in [5.41, 5.74) is 6.27. The SMILES string of the molecule is CC(C)c1cc(C(=O)CN)ccc1F. The van der Waals surface area contributed by atoms with Gasteiger partial charge in [0.2, 0.25) is 0 Å². The van der Waals surface area contributed by atoms with E-state index in [4.69, 9.17) is 5.73 Å². The highest BCUT2D eigenvalue weighted by Gasteiger charge is 2.10. The number of carbonyl (C=O) groups is 1. The minimum absolute atomic E-state index is 0.0385. The molecule has 2 N–H and O–H groups in total. The summed E-state index contributed by atoms with van der Waals surface area (Å²) in [6.07, 6.45) is 0. The minimum Gasteiger partial charge on any atom is -0.324 e. The van der Waals surface area contributed by atoms with Gasteiger partial charge in [-0.25, -0.2) is 4.39 Å². The van der Waals surface area contributed by atoms with Gasteiger partial charge in [0, 0.05) is 5.56 Å². The topological polar surface area (TPSA) is 43.1 Å². The molecule has 0 aliphatic rings. The summed E-state index contributed by atoms with van der Waals surface area (Å²) in [4.78, 5) is 11.3.